The number of ether oxygens (including phenoxy) is 1. The van der Waals surface area contributed by atoms with Crippen molar-refractivity contribution in [2.75, 3.05) is 20.2 Å². The summed E-state index contributed by atoms with van der Waals surface area (Å²) in [6, 6.07) is 3.73. The summed E-state index contributed by atoms with van der Waals surface area (Å²) in [6.07, 6.45) is 0.359. The Hall–Kier alpha value is -2.13. The van der Waals surface area contributed by atoms with Crippen molar-refractivity contribution in [3.8, 4) is 5.75 Å². The maximum absolute atomic E-state index is 12.5. The fourth-order valence-corrected chi connectivity index (χ4v) is 2.89. The number of amides is 1. The topological polar surface area (TPSA) is 127 Å². The van der Waals surface area contributed by atoms with Gasteiger partial charge in [-0.15, -0.1) is 0 Å². The van der Waals surface area contributed by atoms with Gasteiger partial charge in [-0.2, -0.15) is 0 Å². The van der Waals surface area contributed by atoms with E-state index in [-0.39, 0.29) is 22.8 Å². The van der Waals surface area contributed by atoms with E-state index in [1.165, 1.54) is 24.1 Å². The van der Waals surface area contributed by atoms with E-state index < -0.39 is 27.8 Å². The molecule has 2 rings (SSSR count). The van der Waals surface area contributed by atoms with Crippen LogP contribution in [0.3, 0.4) is 0 Å². The molecular weight excluding hydrogens is 312 g/mol. The summed E-state index contributed by atoms with van der Waals surface area (Å²) in [4.78, 5) is 24.6. The molecule has 1 atom stereocenters. The van der Waals surface area contributed by atoms with Gasteiger partial charge in [0.1, 0.15) is 5.75 Å². The fourth-order valence-electron chi connectivity index (χ4n) is 2.35. The zero-order chi connectivity index (χ0) is 16.5. The Morgan fingerprint density at radius 1 is 1.41 bits per heavy atom. The fraction of sp³-hybridized carbons (Fsp3) is 0.385. The zero-order valence-corrected chi connectivity index (χ0v) is 12.7. The van der Waals surface area contributed by atoms with Gasteiger partial charge >= 0.3 is 5.97 Å². The minimum Gasteiger partial charge on any atom is -0.496 e. The molecule has 120 valence electrons. The molecule has 1 saturated heterocycles. The highest BCUT2D eigenvalue weighted by Crippen LogP contribution is 2.26. The summed E-state index contributed by atoms with van der Waals surface area (Å²) in [6.45, 7) is 0.371. The van der Waals surface area contributed by atoms with E-state index in [1.54, 1.807) is 0 Å². The first-order chi connectivity index (χ1) is 10.2. The Balaban J connectivity index is 2.34. The van der Waals surface area contributed by atoms with Gasteiger partial charge < -0.3 is 14.7 Å². The standard InChI is InChI=1S/C13H16N2O6S/c1-21-11-3-2-9(22(14,19)20)6-10(11)12(16)15-5-4-8(7-15)13(17)18/h2-3,6,8H,4-5,7H2,1H3,(H,17,18)(H2,14,19,20). The average molecular weight is 328 g/mol. The number of primary sulfonamides is 1. The first-order valence-corrected chi connectivity index (χ1v) is 8.01. The number of methoxy groups -OCH3 is 1. The summed E-state index contributed by atoms with van der Waals surface area (Å²) in [5.74, 6) is -1.85. The molecule has 0 aromatic heterocycles. The van der Waals surface area contributed by atoms with E-state index in [4.69, 9.17) is 15.0 Å². The van der Waals surface area contributed by atoms with Crippen molar-refractivity contribution >= 4 is 21.9 Å². The minimum absolute atomic E-state index is 0.0417. The molecule has 1 aromatic rings. The number of likely N-dealkylation sites (tertiary alicyclic amines) is 1. The third-order valence-electron chi connectivity index (χ3n) is 3.55. The Kier molecular flexibility index (Phi) is 4.38. The highest BCUT2D eigenvalue weighted by molar-refractivity contribution is 7.89. The molecule has 1 unspecified atom stereocenters. The van der Waals surface area contributed by atoms with Crippen LogP contribution in [0.25, 0.3) is 0 Å². The van der Waals surface area contributed by atoms with Gasteiger partial charge in [-0.3, -0.25) is 9.59 Å². The van der Waals surface area contributed by atoms with Gasteiger partial charge in [0.15, 0.2) is 0 Å². The number of carboxylic acids is 1. The zero-order valence-electron chi connectivity index (χ0n) is 11.9. The Morgan fingerprint density at radius 2 is 2.09 bits per heavy atom. The molecule has 0 aliphatic carbocycles. The molecule has 1 heterocycles. The first-order valence-electron chi connectivity index (χ1n) is 6.47. The predicted molar refractivity (Wildman–Crippen MR) is 76.0 cm³/mol. The number of nitrogens with zero attached hydrogens (tertiary/aromatic N) is 1. The van der Waals surface area contributed by atoms with Crippen LogP contribution in [-0.2, 0) is 14.8 Å². The summed E-state index contributed by atoms with van der Waals surface area (Å²) in [7, 11) is -2.60. The quantitative estimate of drug-likeness (QED) is 0.794. The second-order valence-corrected chi connectivity index (χ2v) is 6.54. The summed E-state index contributed by atoms with van der Waals surface area (Å²) < 4.78 is 27.9. The molecule has 0 saturated carbocycles. The van der Waals surface area contributed by atoms with Crippen molar-refractivity contribution in [3.05, 3.63) is 23.8 Å². The van der Waals surface area contributed by atoms with Gasteiger partial charge in [0.2, 0.25) is 10.0 Å². The maximum Gasteiger partial charge on any atom is 0.308 e. The van der Waals surface area contributed by atoms with E-state index in [9.17, 15) is 18.0 Å². The van der Waals surface area contributed by atoms with Crippen LogP contribution >= 0.6 is 0 Å². The largest absolute Gasteiger partial charge is 0.496 e. The van der Waals surface area contributed by atoms with E-state index in [2.05, 4.69) is 0 Å². The lowest BCUT2D eigenvalue weighted by molar-refractivity contribution is -0.141. The van der Waals surface area contributed by atoms with Gasteiger partial charge in [-0.1, -0.05) is 0 Å². The second-order valence-electron chi connectivity index (χ2n) is 4.98. The van der Waals surface area contributed by atoms with Crippen LogP contribution < -0.4 is 9.88 Å². The Bertz CT molecular complexity index is 715. The molecule has 1 aromatic carbocycles. The van der Waals surface area contributed by atoms with Crippen molar-refractivity contribution in [1.82, 2.24) is 4.90 Å². The first kappa shape index (κ1) is 16.2. The van der Waals surface area contributed by atoms with Gasteiger partial charge in [0.05, 0.1) is 23.5 Å². The number of hydrogen-bond acceptors (Lipinski definition) is 5. The number of benzene rings is 1. The minimum atomic E-state index is -3.95. The molecule has 0 radical (unpaired) electrons. The molecule has 3 N–H and O–H groups in total. The number of rotatable bonds is 4. The van der Waals surface area contributed by atoms with E-state index >= 15 is 0 Å². The second kappa shape index (κ2) is 5.93. The monoisotopic (exact) mass is 328 g/mol. The SMILES string of the molecule is COc1ccc(S(N)(=O)=O)cc1C(=O)N1CCC(C(=O)O)C1. The van der Waals surface area contributed by atoms with E-state index in [0.29, 0.717) is 13.0 Å². The van der Waals surface area contributed by atoms with E-state index in [0.717, 1.165) is 6.07 Å². The molecule has 0 bridgehead atoms. The van der Waals surface area contributed by atoms with Gasteiger partial charge in [0.25, 0.3) is 5.91 Å². The molecule has 8 nitrogen and oxygen atoms in total. The van der Waals surface area contributed by atoms with Crippen LogP contribution in [0, 0.1) is 5.92 Å². The molecular formula is C13H16N2O6S. The number of sulfonamides is 1. The van der Waals surface area contributed by atoms with Crippen molar-refractivity contribution in [1.29, 1.82) is 0 Å². The third-order valence-corrected chi connectivity index (χ3v) is 4.47. The number of aliphatic carboxylic acids is 1. The van der Waals surface area contributed by atoms with Crippen LogP contribution in [0.1, 0.15) is 16.8 Å². The van der Waals surface area contributed by atoms with Crippen molar-refractivity contribution < 1.29 is 27.9 Å². The molecule has 1 aliphatic rings. The van der Waals surface area contributed by atoms with Gasteiger partial charge in [-0.25, -0.2) is 13.6 Å². The van der Waals surface area contributed by atoms with E-state index in [1.807, 2.05) is 0 Å². The van der Waals surface area contributed by atoms with Crippen molar-refractivity contribution in [3.63, 3.8) is 0 Å². The summed E-state index contributed by atoms with van der Waals surface area (Å²) >= 11 is 0. The van der Waals surface area contributed by atoms with Crippen LogP contribution in [0.4, 0.5) is 0 Å². The molecule has 1 amide bonds. The number of hydrogen-bond donors (Lipinski definition) is 2. The molecule has 1 fully saturated rings. The number of carboxylic acid groups (broad SMARTS) is 1. The van der Waals surface area contributed by atoms with Crippen molar-refractivity contribution in [2.24, 2.45) is 11.1 Å². The van der Waals surface area contributed by atoms with Crippen LogP contribution in [0.15, 0.2) is 23.1 Å². The number of carbonyl (C=O) groups excluding carboxylic acids is 1. The van der Waals surface area contributed by atoms with Gasteiger partial charge in [0, 0.05) is 13.1 Å². The molecule has 9 heteroatoms. The molecule has 0 spiro atoms. The summed E-state index contributed by atoms with van der Waals surface area (Å²) in [5, 5.41) is 14.0. The van der Waals surface area contributed by atoms with Crippen molar-refractivity contribution in [2.45, 2.75) is 11.3 Å². The predicted octanol–water partition coefficient (Wildman–Crippen LogP) is -0.111. The number of nitrogens with two attached hydrogens (primary N) is 1. The smallest absolute Gasteiger partial charge is 0.308 e. The Morgan fingerprint density at radius 3 is 2.59 bits per heavy atom. The summed E-state index contributed by atoms with van der Waals surface area (Å²) in [5.41, 5.74) is 0.0417. The third kappa shape index (κ3) is 3.20. The van der Waals surface area contributed by atoms with Crippen LogP contribution in [-0.4, -0.2) is 50.5 Å². The normalized spacial score (nSPS) is 18.3. The van der Waals surface area contributed by atoms with Crippen LogP contribution in [0.2, 0.25) is 0 Å². The average Bonchev–Trinajstić information content (AvgIpc) is 2.94. The van der Waals surface area contributed by atoms with Gasteiger partial charge in [-0.05, 0) is 24.6 Å². The maximum atomic E-state index is 12.5. The highest BCUT2D eigenvalue weighted by atomic mass is 32.2. The Labute approximate surface area is 127 Å². The lowest BCUT2D eigenvalue weighted by Crippen LogP contribution is -2.30. The lowest BCUT2D eigenvalue weighted by atomic mass is 10.1. The molecule has 22 heavy (non-hydrogen) atoms. The van der Waals surface area contributed by atoms with Crippen LogP contribution in [0.5, 0.6) is 5.75 Å². The highest BCUT2D eigenvalue weighted by Gasteiger charge is 2.32. The lowest BCUT2D eigenvalue weighted by Gasteiger charge is -2.18. The number of carbonyl (C=O) groups is 2. The molecule has 1 aliphatic heterocycles.